The smallest absolute Gasteiger partial charge is 0.0187 e. The van der Waals surface area contributed by atoms with Gasteiger partial charge in [0.05, 0.1) is 0 Å². The third-order valence-corrected chi connectivity index (χ3v) is 3.31. The summed E-state index contributed by atoms with van der Waals surface area (Å²) >= 11 is 0. The van der Waals surface area contributed by atoms with Gasteiger partial charge >= 0.3 is 0 Å². The van der Waals surface area contributed by atoms with Crippen molar-refractivity contribution in [3.63, 3.8) is 0 Å². The van der Waals surface area contributed by atoms with Crippen molar-refractivity contribution in [3.05, 3.63) is 12.2 Å². The number of likely N-dealkylation sites (N-methyl/N-ethyl adjacent to an activating group) is 1. The maximum absolute atomic E-state index is 5.90. The molecule has 0 bridgehead atoms. The maximum atomic E-state index is 5.90. The number of piperidine rings is 1. The summed E-state index contributed by atoms with van der Waals surface area (Å²) in [6, 6.07) is 0.439. The van der Waals surface area contributed by atoms with Gasteiger partial charge in [-0.15, -0.1) is 0 Å². The Kier molecular flexibility index (Phi) is 6.03. The van der Waals surface area contributed by atoms with Crippen LogP contribution < -0.4 is 5.73 Å². The number of nitrogens with zero attached hydrogens (tertiary/aromatic N) is 2. The van der Waals surface area contributed by atoms with Crippen molar-refractivity contribution in [2.45, 2.75) is 32.7 Å². The zero-order chi connectivity index (χ0) is 12.0. The van der Waals surface area contributed by atoms with Gasteiger partial charge in [0.25, 0.3) is 0 Å². The topological polar surface area (TPSA) is 32.5 Å². The summed E-state index contributed by atoms with van der Waals surface area (Å²) in [6.07, 6.45) is 2.32. The van der Waals surface area contributed by atoms with E-state index < -0.39 is 0 Å². The fourth-order valence-corrected chi connectivity index (χ4v) is 2.19. The van der Waals surface area contributed by atoms with Gasteiger partial charge in [0.1, 0.15) is 0 Å². The minimum absolute atomic E-state index is 0.439. The third kappa shape index (κ3) is 5.10. The van der Waals surface area contributed by atoms with E-state index >= 15 is 0 Å². The van der Waals surface area contributed by atoms with Gasteiger partial charge in [-0.05, 0) is 39.4 Å². The van der Waals surface area contributed by atoms with Gasteiger partial charge in [-0.3, -0.25) is 4.90 Å². The molecule has 0 radical (unpaired) electrons. The van der Waals surface area contributed by atoms with Crippen LogP contribution in [0.2, 0.25) is 0 Å². The minimum atomic E-state index is 0.439. The monoisotopic (exact) mass is 225 g/mol. The Balaban J connectivity index is 2.19. The van der Waals surface area contributed by atoms with Gasteiger partial charge in [-0.1, -0.05) is 19.1 Å². The predicted octanol–water partition coefficient (Wildman–Crippen LogP) is 1.31. The molecule has 1 rings (SSSR count). The highest BCUT2D eigenvalue weighted by atomic mass is 15.2. The van der Waals surface area contributed by atoms with Crippen molar-refractivity contribution < 1.29 is 0 Å². The Labute approximate surface area is 100 Å². The van der Waals surface area contributed by atoms with E-state index in [1.807, 2.05) is 0 Å². The number of hydrogen-bond donors (Lipinski definition) is 1. The van der Waals surface area contributed by atoms with Crippen molar-refractivity contribution in [1.29, 1.82) is 0 Å². The van der Waals surface area contributed by atoms with Crippen LogP contribution in [-0.2, 0) is 0 Å². The lowest BCUT2D eigenvalue weighted by Gasteiger charge is -2.32. The highest BCUT2D eigenvalue weighted by Crippen LogP contribution is 2.08. The van der Waals surface area contributed by atoms with E-state index in [4.69, 9.17) is 5.73 Å². The molecule has 0 aromatic heterocycles. The minimum Gasteiger partial charge on any atom is -0.328 e. The molecule has 16 heavy (non-hydrogen) atoms. The van der Waals surface area contributed by atoms with Gasteiger partial charge < -0.3 is 10.6 Å². The molecule has 1 aliphatic rings. The van der Waals surface area contributed by atoms with Crippen LogP contribution >= 0.6 is 0 Å². The van der Waals surface area contributed by atoms with Gasteiger partial charge in [-0.25, -0.2) is 0 Å². The van der Waals surface area contributed by atoms with E-state index in [1.165, 1.54) is 25.2 Å². The van der Waals surface area contributed by atoms with Crippen molar-refractivity contribution in [2.75, 3.05) is 39.3 Å². The van der Waals surface area contributed by atoms with Crippen molar-refractivity contribution in [2.24, 2.45) is 5.73 Å². The Morgan fingerprint density at radius 2 is 2.06 bits per heavy atom. The normalized spacial score (nSPS) is 19.2. The zero-order valence-corrected chi connectivity index (χ0v) is 10.9. The summed E-state index contributed by atoms with van der Waals surface area (Å²) < 4.78 is 0. The molecule has 1 heterocycles. The molecule has 1 saturated heterocycles. The lowest BCUT2D eigenvalue weighted by Crippen LogP contribution is -2.43. The van der Waals surface area contributed by atoms with Gasteiger partial charge in [0.15, 0.2) is 0 Å². The molecule has 0 unspecified atom stereocenters. The molecule has 0 aromatic carbocycles. The van der Waals surface area contributed by atoms with E-state index in [1.54, 1.807) is 0 Å². The molecule has 1 fully saturated rings. The Hall–Kier alpha value is -0.380. The average Bonchev–Trinajstić information content (AvgIpc) is 2.26. The van der Waals surface area contributed by atoms with Crippen LogP contribution in [0.1, 0.15) is 26.7 Å². The summed E-state index contributed by atoms with van der Waals surface area (Å²) in [6.45, 7) is 15.1. The molecule has 3 nitrogen and oxygen atoms in total. The van der Waals surface area contributed by atoms with E-state index in [0.717, 1.165) is 32.5 Å². The highest BCUT2D eigenvalue weighted by Gasteiger charge is 2.16. The third-order valence-electron chi connectivity index (χ3n) is 3.31. The summed E-state index contributed by atoms with van der Waals surface area (Å²) in [4.78, 5) is 4.99. The summed E-state index contributed by atoms with van der Waals surface area (Å²) in [5.41, 5.74) is 7.15. The molecule has 94 valence electrons. The fraction of sp³-hybridized carbons (Fsp3) is 0.846. The molecule has 0 spiro atoms. The lowest BCUT2D eigenvalue weighted by molar-refractivity contribution is 0.181. The molecule has 0 aliphatic carbocycles. The van der Waals surface area contributed by atoms with E-state index in [9.17, 15) is 0 Å². The summed E-state index contributed by atoms with van der Waals surface area (Å²) in [5, 5.41) is 0. The van der Waals surface area contributed by atoms with Crippen LogP contribution in [0, 0.1) is 0 Å². The van der Waals surface area contributed by atoms with Crippen LogP contribution in [0.3, 0.4) is 0 Å². The Bertz CT molecular complexity index is 207. The second kappa shape index (κ2) is 7.05. The van der Waals surface area contributed by atoms with Crippen molar-refractivity contribution >= 4 is 0 Å². The van der Waals surface area contributed by atoms with Gasteiger partial charge in [-0.2, -0.15) is 0 Å². The lowest BCUT2D eigenvalue weighted by atomic mass is 10.1. The molecule has 1 aliphatic heterocycles. The van der Waals surface area contributed by atoms with Gasteiger partial charge in [0.2, 0.25) is 0 Å². The molecule has 0 atom stereocenters. The first-order chi connectivity index (χ1) is 7.61. The quantitative estimate of drug-likeness (QED) is 0.692. The average molecular weight is 225 g/mol. The molecular weight excluding hydrogens is 198 g/mol. The predicted molar refractivity (Wildman–Crippen MR) is 70.6 cm³/mol. The SMILES string of the molecule is C=C(C)CN(CC)CCN1CCC(N)CC1. The Morgan fingerprint density at radius 3 is 2.56 bits per heavy atom. The summed E-state index contributed by atoms with van der Waals surface area (Å²) in [5.74, 6) is 0. The van der Waals surface area contributed by atoms with E-state index in [0.29, 0.717) is 6.04 Å². The van der Waals surface area contributed by atoms with Crippen LogP contribution in [0.15, 0.2) is 12.2 Å². The molecular formula is C13H27N3. The molecule has 0 aromatic rings. The van der Waals surface area contributed by atoms with E-state index in [2.05, 4.69) is 30.2 Å². The molecule has 3 heteroatoms. The summed E-state index contributed by atoms with van der Waals surface area (Å²) in [7, 11) is 0. The van der Waals surface area contributed by atoms with E-state index in [-0.39, 0.29) is 0 Å². The standard InChI is InChI=1S/C13H27N3/c1-4-15(11-12(2)3)9-10-16-7-5-13(14)6-8-16/h13H,2,4-11,14H2,1,3H3. The van der Waals surface area contributed by atoms with Crippen LogP contribution in [0.4, 0.5) is 0 Å². The molecule has 0 amide bonds. The number of rotatable bonds is 6. The number of likely N-dealkylation sites (tertiary alicyclic amines) is 1. The van der Waals surface area contributed by atoms with Crippen LogP contribution in [0.5, 0.6) is 0 Å². The van der Waals surface area contributed by atoms with Crippen LogP contribution in [0.25, 0.3) is 0 Å². The van der Waals surface area contributed by atoms with Crippen molar-refractivity contribution in [3.8, 4) is 0 Å². The largest absolute Gasteiger partial charge is 0.328 e. The first-order valence-corrected chi connectivity index (χ1v) is 6.46. The van der Waals surface area contributed by atoms with Gasteiger partial charge in [0, 0.05) is 25.7 Å². The number of hydrogen-bond acceptors (Lipinski definition) is 3. The zero-order valence-electron chi connectivity index (χ0n) is 10.9. The highest BCUT2D eigenvalue weighted by molar-refractivity contribution is 4.91. The maximum Gasteiger partial charge on any atom is 0.0187 e. The number of nitrogens with two attached hydrogens (primary N) is 1. The van der Waals surface area contributed by atoms with Crippen molar-refractivity contribution in [1.82, 2.24) is 9.80 Å². The Morgan fingerprint density at radius 1 is 1.44 bits per heavy atom. The second-order valence-electron chi connectivity index (χ2n) is 5.00. The van der Waals surface area contributed by atoms with Crippen LogP contribution in [-0.4, -0.2) is 55.1 Å². The first-order valence-electron chi connectivity index (χ1n) is 6.46. The second-order valence-corrected chi connectivity index (χ2v) is 5.00. The molecule has 2 N–H and O–H groups in total. The fourth-order valence-electron chi connectivity index (χ4n) is 2.19. The first kappa shape index (κ1) is 13.7. The molecule has 0 saturated carbocycles.